The number of phenolic OH excluding ortho intramolecular Hbond substituents is 1. The summed E-state index contributed by atoms with van der Waals surface area (Å²) < 4.78 is 0. The van der Waals surface area contributed by atoms with Crippen LogP contribution in [0.3, 0.4) is 0 Å². The van der Waals surface area contributed by atoms with Crippen LogP contribution in [0.25, 0.3) is 11.4 Å². The molecule has 0 amide bonds. The summed E-state index contributed by atoms with van der Waals surface area (Å²) in [5, 5.41) is 9.48. The van der Waals surface area contributed by atoms with E-state index in [0.717, 1.165) is 11.3 Å². The highest BCUT2D eigenvalue weighted by Crippen LogP contribution is 2.23. The Balaban J connectivity index is 2.53. The van der Waals surface area contributed by atoms with Crippen molar-refractivity contribution in [3.63, 3.8) is 0 Å². The average molecular weight is 244 g/mol. The molecule has 0 saturated carbocycles. The van der Waals surface area contributed by atoms with E-state index >= 15 is 0 Å². The van der Waals surface area contributed by atoms with Gasteiger partial charge in [-0.05, 0) is 18.1 Å². The molecule has 2 rings (SSSR count). The maximum absolute atomic E-state index is 9.48. The van der Waals surface area contributed by atoms with Crippen molar-refractivity contribution in [2.45, 2.75) is 19.8 Å². The number of hydrogen-bond donors (Lipinski definition) is 3. The highest BCUT2D eigenvalue weighted by Gasteiger charge is 2.09. The molecule has 18 heavy (non-hydrogen) atoms. The van der Waals surface area contributed by atoms with E-state index in [2.05, 4.69) is 29.2 Å². The molecule has 0 radical (unpaired) electrons. The van der Waals surface area contributed by atoms with Gasteiger partial charge in [0, 0.05) is 17.3 Å². The SMILES string of the molecule is CC(C)c1cc(NN)nc(-c2cccc(O)c2)n1. The number of anilines is 1. The van der Waals surface area contributed by atoms with Gasteiger partial charge in [-0.15, -0.1) is 0 Å². The van der Waals surface area contributed by atoms with Gasteiger partial charge in [0.15, 0.2) is 5.82 Å². The molecule has 1 heterocycles. The second-order valence-corrected chi connectivity index (χ2v) is 4.35. The van der Waals surface area contributed by atoms with Gasteiger partial charge in [-0.3, -0.25) is 0 Å². The molecule has 0 saturated heterocycles. The number of hydrazine groups is 1. The van der Waals surface area contributed by atoms with E-state index in [-0.39, 0.29) is 11.7 Å². The summed E-state index contributed by atoms with van der Waals surface area (Å²) in [7, 11) is 0. The second-order valence-electron chi connectivity index (χ2n) is 4.35. The standard InChI is InChI=1S/C13H16N4O/c1-8(2)11-7-12(17-14)16-13(15-11)9-4-3-5-10(18)6-9/h3-8,18H,14H2,1-2H3,(H,15,16,17). The maximum atomic E-state index is 9.48. The van der Waals surface area contributed by atoms with Crippen molar-refractivity contribution in [3.8, 4) is 17.1 Å². The van der Waals surface area contributed by atoms with Crippen LogP contribution in [0.5, 0.6) is 5.75 Å². The summed E-state index contributed by atoms with van der Waals surface area (Å²) in [5.74, 6) is 6.98. The second kappa shape index (κ2) is 5.01. The Kier molecular flexibility index (Phi) is 3.43. The Morgan fingerprint density at radius 3 is 2.61 bits per heavy atom. The first kappa shape index (κ1) is 12.3. The molecule has 2 aromatic rings. The minimum absolute atomic E-state index is 0.188. The van der Waals surface area contributed by atoms with Crippen LogP contribution >= 0.6 is 0 Å². The molecule has 4 N–H and O–H groups in total. The molecule has 0 atom stereocenters. The number of hydrogen-bond acceptors (Lipinski definition) is 5. The van der Waals surface area contributed by atoms with Gasteiger partial charge in [0.25, 0.3) is 0 Å². The number of aromatic nitrogens is 2. The topological polar surface area (TPSA) is 84.1 Å². The fourth-order valence-corrected chi connectivity index (χ4v) is 1.61. The molecule has 5 nitrogen and oxygen atoms in total. The van der Waals surface area contributed by atoms with Crippen molar-refractivity contribution in [2.24, 2.45) is 5.84 Å². The predicted octanol–water partition coefficient (Wildman–Crippen LogP) is 2.26. The monoisotopic (exact) mass is 244 g/mol. The van der Waals surface area contributed by atoms with Crippen LogP contribution in [0.2, 0.25) is 0 Å². The average Bonchev–Trinajstić information content (AvgIpc) is 2.38. The molecule has 1 aromatic heterocycles. The molecule has 0 unspecified atom stereocenters. The van der Waals surface area contributed by atoms with Gasteiger partial charge in [-0.25, -0.2) is 15.8 Å². The molecular formula is C13H16N4O. The van der Waals surface area contributed by atoms with Crippen LogP contribution in [-0.2, 0) is 0 Å². The predicted molar refractivity (Wildman–Crippen MR) is 71.0 cm³/mol. The zero-order valence-corrected chi connectivity index (χ0v) is 10.4. The Morgan fingerprint density at radius 2 is 2.00 bits per heavy atom. The zero-order chi connectivity index (χ0) is 13.1. The number of nitrogens with one attached hydrogen (secondary N) is 1. The smallest absolute Gasteiger partial charge is 0.161 e. The highest BCUT2D eigenvalue weighted by atomic mass is 16.3. The molecule has 94 valence electrons. The first-order chi connectivity index (χ1) is 8.60. The van der Waals surface area contributed by atoms with E-state index in [0.29, 0.717) is 11.6 Å². The van der Waals surface area contributed by atoms with Gasteiger partial charge in [0.05, 0.1) is 0 Å². The molecular weight excluding hydrogens is 228 g/mol. The maximum Gasteiger partial charge on any atom is 0.161 e. The lowest BCUT2D eigenvalue weighted by atomic mass is 10.1. The number of nitrogen functional groups attached to an aromatic ring is 1. The fourth-order valence-electron chi connectivity index (χ4n) is 1.61. The van der Waals surface area contributed by atoms with Crippen LogP contribution in [0.1, 0.15) is 25.5 Å². The van der Waals surface area contributed by atoms with Gasteiger partial charge in [-0.1, -0.05) is 26.0 Å². The molecule has 0 bridgehead atoms. The van der Waals surface area contributed by atoms with E-state index in [1.807, 2.05) is 12.1 Å². The number of phenols is 1. The van der Waals surface area contributed by atoms with E-state index in [4.69, 9.17) is 5.84 Å². The zero-order valence-electron chi connectivity index (χ0n) is 10.4. The normalized spacial score (nSPS) is 10.7. The number of nitrogens with two attached hydrogens (primary N) is 1. The van der Waals surface area contributed by atoms with Crippen molar-refractivity contribution >= 4 is 5.82 Å². The Bertz CT molecular complexity index is 554. The molecule has 5 heteroatoms. The summed E-state index contributed by atoms with van der Waals surface area (Å²) in [5.41, 5.74) is 4.19. The largest absolute Gasteiger partial charge is 0.508 e. The van der Waals surface area contributed by atoms with Crippen molar-refractivity contribution in [2.75, 3.05) is 5.43 Å². The van der Waals surface area contributed by atoms with Crippen LogP contribution in [0, 0.1) is 0 Å². The molecule has 0 spiro atoms. The summed E-state index contributed by atoms with van der Waals surface area (Å²) in [6.45, 7) is 4.10. The van der Waals surface area contributed by atoms with Gasteiger partial charge in [0.1, 0.15) is 11.6 Å². The molecule has 0 fully saturated rings. The lowest BCUT2D eigenvalue weighted by Crippen LogP contribution is -2.11. The van der Waals surface area contributed by atoms with Gasteiger partial charge in [0.2, 0.25) is 0 Å². The van der Waals surface area contributed by atoms with Crippen molar-refractivity contribution in [1.29, 1.82) is 0 Å². The molecule has 1 aromatic carbocycles. The van der Waals surface area contributed by atoms with Gasteiger partial charge < -0.3 is 10.5 Å². The van der Waals surface area contributed by atoms with Crippen molar-refractivity contribution in [3.05, 3.63) is 36.0 Å². The Labute approximate surface area is 106 Å². The van der Waals surface area contributed by atoms with Crippen LogP contribution in [0.4, 0.5) is 5.82 Å². The Hall–Kier alpha value is -2.14. The highest BCUT2D eigenvalue weighted by molar-refractivity contribution is 5.59. The van der Waals surface area contributed by atoms with Crippen LogP contribution in [0.15, 0.2) is 30.3 Å². The third-order valence-corrected chi connectivity index (χ3v) is 2.59. The molecule has 0 aliphatic heterocycles. The van der Waals surface area contributed by atoms with Crippen LogP contribution < -0.4 is 11.3 Å². The first-order valence-electron chi connectivity index (χ1n) is 5.75. The lowest BCUT2D eigenvalue weighted by molar-refractivity contribution is 0.475. The van der Waals surface area contributed by atoms with Gasteiger partial charge >= 0.3 is 0 Å². The summed E-state index contributed by atoms with van der Waals surface area (Å²) in [4.78, 5) is 8.76. The molecule has 0 aliphatic rings. The van der Waals surface area contributed by atoms with E-state index in [1.165, 1.54) is 0 Å². The van der Waals surface area contributed by atoms with E-state index in [1.54, 1.807) is 18.2 Å². The molecule has 0 aliphatic carbocycles. The third kappa shape index (κ3) is 2.57. The van der Waals surface area contributed by atoms with Crippen molar-refractivity contribution in [1.82, 2.24) is 9.97 Å². The lowest BCUT2D eigenvalue weighted by Gasteiger charge is -2.10. The van der Waals surface area contributed by atoms with E-state index < -0.39 is 0 Å². The number of rotatable bonds is 3. The minimum atomic E-state index is 0.188. The Morgan fingerprint density at radius 1 is 1.22 bits per heavy atom. The summed E-state index contributed by atoms with van der Waals surface area (Å²) >= 11 is 0. The van der Waals surface area contributed by atoms with Crippen molar-refractivity contribution < 1.29 is 5.11 Å². The number of aromatic hydroxyl groups is 1. The number of nitrogens with zero attached hydrogens (tertiary/aromatic N) is 2. The quantitative estimate of drug-likeness (QED) is 0.569. The van der Waals surface area contributed by atoms with Gasteiger partial charge in [-0.2, -0.15) is 0 Å². The first-order valence-corrected chi connectivity index (χ1v) is 5.75. The summed E-state index contributed by atoms with van der Waals surface area (Å²) in [6.07, 6.45) is 0. The minimum Gasteiger partial charge on any atom is -0.508 e. The fraction of sp³-hybridized carbons (Fsp3) is 0.231. The summed E-state index contributed by atoms with van der Waals surface area (Å²) in [6, 6.07) is 8.65. The number of benzene rings is 1. The van der Waals surface area contributed by atoms with Crippen LogP contribution in [-0.4, -0.2) is 15.1 Å². The van der Waals surface area contributed by atoms with E-state index in [9.17, 15) is 5.11 Å². The third-order valence-electron chi connectivity index (χ3n) is 2.59.